The van der Waals surface area contributed by atoms with Crippen LogP contribution in [0.1, 0.15) is 25.5 Å². The van der Waals surface area contributed by atoms with E-state index in [0.717, 1.165) is 17.1 Å². The molecule has 6 heteroatoms. The lowest BCUT2D eigenvalue weighted by molar-refractivity contribution is 0.174. The number of anilines is 1. The van der Waals surface area contributed by atoms with Crippen LogP contribution in [0.25, 0.3) is 0 Å². The van der Waals surface area contributed by atoms with E-state index in [0.29, 0.717) is 18.0 Å². The van der Waals surface area contributed by atoms with Crippen LogP contribution in [0.5, 0.6) is 17.2 Å². The lowest BCUT2D eigenvalue weighted by Crippen LogP contribution is -2.31. The van der Waals surface area contributed by atoms with Crippen molar-refractivity contribution in [2.75, 3.05) is 18.7 Å². The minimum Gasteiger partial charge on any atom is -0.494 e. The van der Waals surface area contributed by atoms with Gasteiger partial charge in [-0.2, -0.15) is 0 Å². The largest absolute Gasteiger partial charge is 0.494 e. The molecular weight excluding hydrogens is 308 g/mol. The fraction of sp³-hybridized carbons (Fsp3) is 0.278. The number of urea groups is 1. The van der Waals surface area contributed by atoms with Gasteiger partial charge in [0.15, 0.2) is 11.5 Å². The first-order valence-corrected chi connectivity index (χ1v) is 7.85. The highest BCUT2D eigenvalue weighted by molar-refractivity contribution is 5.89. The Hall–Kier alpha value is -2.89. The highest BCUT2D eigenvalue weighted by atomic mass is 16.7. The average Bonchev–Trinajstić information content (AvgIpc) is 3.04. The Bertz CT molecular complexity index is 715. The molecule has 0 spiro atoms. The summed E-state index contributed by atoms with van der Waals surface area (Å²) in [6.07, 6.45) is 0. The third kappa shape index (κ3) is 3.71. The number of rotatable bonds is 5. The summed E-state index contributed by atoms with van der Waals surface area (Å²) in [4.78, 5) is 12.1. The SMILES string of the molecule is CCOc1ccc(NC(=O)N[C@@H](C)c2ccc3c(c2)OCO3)cc1. The fourth-order valence-corrected chi connectivity index (χ4v) is 2.43. The molecule has 126 valence electrons. The van der Waals surface area contributed by atoms with Gasteiger partial charge >= 0.3 is 6.03 Å². The van der Waals surface area contributed by atoms with Crippen LogP contribution >= 0.6 is 0 Å². The first-order valence-electron chi connectivity index (χ1n) is 7.85. The maximum atomic E-state index is 12.1. The molecule has 1 atom stereocenters. The van der Waals surface area contributed by atoms with Gasteiger partial charge in [0, 0.05) is 5.69 Å². The van der Waals surface area contributed by atoms with Crippen molar-refractivity contribution in [3.05, 3.63) is 48.0 Å². The van der Waals surface area contributed by atoms with E-state index in [4.69, 9.17) is 14.2 Å². The Balaban J connectivity index is 1.57. The van der Waals surface area contributed by atoms with Crippen LogP contribution in [0.4, 0.5) is 10.5 Å². The first-order chi connectivity index (χ1) is 11.7. The van der Waals surface area contributed by atoms with Crippen molar-refractivity contribution in [1.82, 2.24) is 5.32 Å². The predicted octanol–water partition coefficient (Wildman–Crippen LogP) is 3.70. The second-order valence-electron chi connectivity index (χ2n) is 5.39. The van der Waals surface area contributed by atoms with Gasteiger partial charge in [-0.15, -0.1) is 0 Å². The van der Waals surface area contributed by atoms with Crippen molar-refractivity contribution in [3.63, 3.8) is 0 Å². The number of fused-ring (bicyclic) bond motifs is 1. The third-order valence-electron chi connectivity index (χ3n) is 3.67. The van der Waals surface area contributed by atoms with Crippen molar-refractivity contribution in [2.45, 2.75) is 19.9 Å². The van der Waals surface area contributed by atoms with Gasteiger partial charge in [-0.25, -0.2) is 4.79 Å². The lowest BCUT2D eigenvalue weighted by atomic mass is 10.1. The molecule has 24 heavy (non-hydrogen) atoms. The smallest absolute Gasteiger partial charge is 0.319 e. The Morgan fingerprint density at radius 1 is 1.17 bits per heavy atom. The summed E-state index contributed by atoms with van der Waals surface area (Å²) in [5, 5.41) is 5.70. The minimum absolute atomic E-state index is 0.165. The molecule has 1 aliphatic rings. The quantitative estimate of drug-likeness (QED) is 0.878. The number of carbonyl (C=O) groups excluding carboxylic acids is 1. The van der Waals surface area contributed by atoms with Crippen molar-refractivity contribution in [2.24, 2.45) is 0 Å². The molecule has 1 heterocycles. The van der Waals surface area contributed by atoms with E-state index >= 15 is 0 Å². The normalized spacial score (nSPS) is 13.2. The molecule has 3 rings (SSSR count). The zero-order chi connectivity index (χ0) is 16.9. The van der Waals surface area contributed by atoms with Gasteiger partial charge in [0.1, 0.15) is 5.75 Å². The van der Waals surface area contributed by atoms with Crippen LogP contribution < -0.4 is 24.8 Å². The summed E-state index contributed by atoms with van der Waals surface area (Å²) in [6, 6.07) is 12.4. The molecular formula is C18H20N2O4. The van der Waals surface area contributed by atoms with E-state index in [1.165, 1.54) is 0 Å². The molecule has 6 nitrogen and oxygen atoms in total. The average molecular weight is 328 g/mol. The maximum absolute atomic E-state index is 12.1. The van der Waals surface area contributed by atoms with Gasteiger partial charge in [-0.05, 0) is 55.8 Å². The summed E-state index contributed by atoms with van der Waals surface area (Å²) >= 11 is 0. The molecule has 2 aromatic rings. The Kier molecular flexibility index (Phi) is 4.74. The van der Waals surface area contributed by atoms with E-state index in [9.17, 15) is 4.79 Å². The van der Waals surface area contributed by atoms with E-state index in [1.807, 2.05) is 44.2 Å². The third-order valence-corrected chi connectivity index (χ3v) is 3.67. The Labute approximate surface area is 140 Å². The molecule has 0 aromatic heterocycles. The highest BCUT2D eigenvalue weighted by Crippen LogP contribution is 2.34. The van der Waals surface area contributed by atoms with Gasteiger partial charge in [-0.1, -0.05) is 6.07 Å². The van der Waals surface area contributed by atoms with E-state index in [2.05, 4.69) is 10.6 Å². The molecule has 0 bridgehead atoms. The fourth-order valence-electron chi connectivity index (χ4n) is 2.43. The van der Waals surface area contributed by atoms with E-state index < -0.39 is 0 Å². The zero-order valence-corrected chi connectivity index (χ0v) is 13.7. The van der Waals surface area contributed by atoms with Gasteiger partial charge in [0.2, 0.25) is 6.79 Å². The molecule has 0 unspecified atom stereocenters. The highest BCUT2D eigenvalue weighted by Gasteiger charge is 2.16. The van der Waals surface area contributed by atoms with Gasteiger partial charge in [0.05, 0.1) is 12.6 Å². The number of ether oxygens (including phenoxy) is 3. The van der Waals surface area contributed by atoms with Crippen LogP contribution in [-0.4, -0.2) is 19.4 Å². The van der Waals surface area contributed by atoms with Crippen molar-refractivity contribution in [1.29, 1.82) is 0 Å². The molecule has 0 saturated carbocycles. The van der Waals surface area contributed by atoms with Crippen molar-refractivity contribution in [3.8, 4) is 17.2 Å². The molecule has 2 amide bonds. The summed E-state index contributed by atoms with van der Waals surface area (Å²) in [6.45, 7) is 4.69. The second kappa shape index (κ2) is 7.12. The molecule has 0 aliphatic carbocycles. The first kappa shape index (κ1) is 16.0. The number of amides is 2. The van der Waals surface area contributed by atoms with Crippen LogP contribution in [0.2, 0.25) is 0 Å². The summed E-state index contributed by atoms with van der Waals surface area (Å²) in [7, 11) is 0. The van der Waals surface area contributed by atoms with Crippen molar-refractivity contribution < 1.29 is 19.0 Å². The summed E-state index contributed by atoms with van der Waals surface area (Å²) in [5.41, 5.74) is 1.65. The standard InChI is InChI=1S/C18H20N2O4/c1-3-22-15-7-5-14(6-8-15)20-18(21)19-12(2)13-4-9-16-17(10-13)24-11-23-16/h4-10,12H,3,11H2,1-2H3,(H2,19,20,21)/t12-/m0/s1. The van der Waals surface area contributed by atoms with Crippen LogP contribution in [0, 0.1) is 0 Å². The predicted molar refractivity (Wildman–Crippen MR) is 90.7 cm³/mol. The van der Waals surface area contributed by atoms with Gasteiger partial charge in [-0.3, -0.25) is 0 Å². The number of benzene rings is 2. The summed E-state index contributed by atoms with van der Waals surface area (Å²) in [5.74, 6) is 2.20. The zero-order valence-electron chi connectivity index (χ0n) is 13.7. The molecule has 0 radical (unpaired) electrons. The molecule has 2 N–H and O–H groups in total. The molecule has 1 aliphatic heterocycles. The molecule has 2 aromatic carbocycles. The lowest BCUT2D eigenvalue weighted by Gasteiger charge is -2.15. The Morgan fingerprint density at radius 2 is 1.92 bits per heavy atom. The van der Waals surface area contributed by atoms with E-state index in [-0.39, 0.29) is 18.9 Å². The molecule has 0 fully saturated rings. The second-order valence-corrected chi connectivity index (χ2v) is 5.39. The van der Waals surface area contributed by atoms with E-state index in [1.54, 1.807) is 12.1 Å². The number of nitrogens with one attached hydrogen (secondary N) is 2. The van der Waals surface area contributed by atoms with Crippen LogP contribution in [-0.2, 0) is 0 Å². The summed E-state index contributed by atoms with van der Waals surface area (Å²) < 4.78 is 16.0. The maximum Gasteiger partial charge on any atom is 0.319 e. The van der Waals surface area contributed by atoms with Crippen LogP contribution in [0.15, 0.2) is 42.5 Å². The number of hydrogen-bond donors (Lipinski definition) is 2. The van der Waals surface area contributed by atoms with Gasteiger partial charge < -0.3 is 24.8 Å². The number of hydrogen-bond acceptors (Lipinski definition) is 4. The topological polar surface area (TPSA) is 68.8 Å². The molecule has 0 saturated heterocycles. The minimum atomic E-state index is -0.274. The van der Waals surface area contributed by atoms with Crippen molar-refractivity contribution >= 4 is 11.7 Å². The van der Waals surface area contributed by atoms with Crippen LogP contribution in [0.3, 0.4) is 0 Å². The van der Waals surface area contributed by atoms with Gasteiger partial charge in [0.25, 0.3) is 0 Å². The Morgan fingerprint density at radius 3 is 2.67 bits per heavy atom. The number of carbonyl (C=O) groups is 1. The monoisotopic (exact) mass is 328 g/mol.